The van der Waals surface area contributed by atoms with E-state index in [-0.39, 0.29) is 23.7 Å². The van der Waals surface area contributed by atoms with Crippen molar-refractivity contribution in [1.29, 1.82) is 0 Å². The standard InChI is InChI=1S/C26H21FN6O2S/c1-15-13-32(14-23-29-30-24(33(15)23)22-7-4-10-36-22)26(35)19-11-16(8-9-20(19)27)12-21-17-5-2-3-6-18(17)25(34)31-28-21/h2-11,15H,12-14H2,1H3,(H,31,34). The summed E-state index contributed by atoms with van der Waals surface area (Å²) in [5.74, 6) is 0.480. The minimum absolute atomic E-state index is 0.000115. The van der Waals surface area contributed by atoms with E-state index >= 15 is 0 Å². The molecule has 0 spiro atoms. The highest BCUT2D eigenvalue weighted by atomic mass is 32.1. The van der Waals surface area contributed by atoms with Crippen LogP contribution < -0.4 is 5.56 Å². The van der Waals surface area contributed by atoms with Gasteiger partial charge in [-0.3, -0.25) is 9.59 Å². The predicted octanol–water partition coefficient (Wildman–Crippen LogP) is 4.19. The number of rotatable bonds is 4. The third-order valence-corrected chi connectivity index (χ3v) is 7.33. The number of hydrogen-bond acceptors (Lipinski definition) is 6. The normalized spacial score (nSPS) is 15.3. The van der Waals surface area contributed by atoms with E-state index in [1.54, 1.807) is 40.5 Å². The van der Waals surface area contributed by atoms with Gasteiger partial charge in [-0.25, -0.2) is 9.49 Å². The van der Waals surface area contributed by atoms with E-state index in [2.05, 4.69) is 25.0 Å². The van der Waals surface area contributed by atoms with Crippen LogP contribution in [0.5, 0.6) is 0 Å². The number of nitrogens with one attached hydrogen (secondary N) is 1. The van der Waals surface area contributed by atoms with Crippen LogP contribution in [0.25, 0.3) is 21.5 Å². The van der Waals surface area contributed by atoms with Crippen LogP contribution in [0, 0.1) is 5.82 Å². The number of aromatic nitrogens is 5. The van der Waals surface area contributed by atoms with Crippen LogP contribution >= 0.6 is 11.3 Å². The molecule has 36 heavy (non-hydrogen) atoms. The van der Waals surface area contributed by atoms with Gasteiger partial charge in [0.2, 0.25) is 0 Å². The molecule has 0 saturated carbocycles. The van der Waals surface area contributed by atoms with Gasteiger partial charge in [-0.2, -0.15) is 5.10 Å². The summed E-state index contributed by atoms with van der Waals surface area (Å²) in [6.45, 7) is 2.67. The van der Waals surface area contributed by atoms with Gasteiger partial charge in [0.05, 0.1) is 34.1 Å². The lowest BCUT2D eigenvalue weighted by Gasteiger charge is -2.32. The molecule has 1 N–H and O–H groups in total. The minimum Gasteiger partial charge on any atom is -0.329 e. The largest absolute Gasteiger partial charge is 0.329 e. The molecule has 1 amide bonds. The average molecular weight is 501 g/mol. The summed E-state index contributed by atoms with van der Waals surface area (Å²) in [5.41, 5.74) is 1.10. The van der Waals surface area contributed by atoms with E-state index < -0.39 is 11.7 Å². The van der Waals surface area contributed by atoms with Crippen LogP contribution in [0.4, 0.5) is 4.39 Å². The van der Waals surface area contributed by atoms with Gasteiger partial charge < -0.3 is 9.47 Å². The topological polar surface area (TPSA) is 96.8 Å². The van der Waals surface area contributed by atoms with E-state index in [9.17, 15) is 14.0 Å². The fourth-order valence-corrected chi connectivity index (χ4v) is 5.48. The molecule has 8 nitrogen and oxygen atoms in total. The highest BCUT2D eigenvalue weighted by Gasteiger charge is 2.31. The second-order valence-corrected chi connectivity index (χ2v) is 9.81. The van der Waals surface area contributed by atoms with Crippen molar-refractivity contribution in [2.45, 2.75) is 25.9 Å². The number of hydrogen-bond donors (Lipinski definition) is 1. The molecule has 1 aliphatic heterocycles. The summed E-state index contributed by atoms with van der Waals surface area (Å²) in [7, 11) is 0. The molecule has 6 rings (SSSR count). The van der Waals surface area contributed by atoms with Gasteiger partial charge >= 0.3 is 0 Å². The first-order chi connectivity index (χ1) is 17.5. The van der Waals surface area contributed by atoms with Crippen molar-refractivity contribution >= 4 is 28.0 Å². The maximum Gasteiger partial charge on any atom is 0.272 e. The second kappa shape index (κ2) is 8.80. The number of carbonyl (C=O) groups is 1. The van der Waals surface area contributed by atoms with E-state index in [1.807, 2.05) is 36.6 Å². The number of aromatic amines is 1. The Balaban J connectivity index is 1.29. The van der Waals surface area contributed by atoms with Crippen molar-refractivity contribution in [3.05, 3.63) is 98.8 Å². The summed E-state index contributed by atoms with van der Waals surface area (Å²) >= 11 is 1.59. The number of halogens is 1. The Hall–Kier alpha value is -4.18. The SMILES string of the molecule is CC1CN(C(=O)c2cc(Cc3n[nH]c(=O)c4ccccc34)ccc2F)Cc2nnc(-c3cccs3)n21. The fraction of sp³-hybridized carbons (Fsp3) is 0.192. The van der Waals surface area contributed by atoms with Crippen LogP contribution in [-0.2, 0) is 13.0 Å². The molecule has 5 aromatic rings. The van der Waals surface area contributed by atoms with Crippen molar-refractivity contribution in [2.75, 3.05) is 6.54 Å². The maximum absolute atomic E-state index is 14.9. The smallest absolute Gasteiger partial charge is 0.272 e. The zero-order valence-corrected chi connectivity index (χ0v) is 20.1. The van der Waals surface area contributed by atoms with Gasteiger partial charge in [0, 0.05) is 18.4 Å². The molecule has 1 aliphatic rings. The Morgan fingerprint density at radius 2 is 1.97 bits per heavy atom. The molecule has 0 saturated heterocycles. The molecule has 0 radical (unpaired) electrons. The lowest BCUT2D eigenvalue weighted by molar-refractivity contribution is 0.0677. The van der Waals surface area contributed by atoms with Crippen LogP contribution in [0.15, 0.2) is 64.8 Å². The van der Waals surface area contributed by atoms with E-state index in [4.69, 9.17) is 0 Å². The van der Waals surface area contributed by atoms with Crippen molar-refractivity contribution in [3.63, 3.8) is 0 Å². The van der Waals surface area contributed by atoms with Crippen molar-refractivity contribution < 1.29 is 9.18 Å². The van der Waals surface area contributed by atoms with Gasteiger partial charge in [0.15, 0.2) is 11.6 Å². The Labute approximate surface area is 209 Å². The molecule has 1 atom stereocenters. The summed E-state index contributed by atoms with van der Waals surface area (Å²) in [6.07, 6.45) is 0.340. The summed E-state index contributed by atoms with van der Waals surface area (Å²) in [5, 5.41) is 18.6. The third kappa shape index (κ3) is 3.79. The number of carbonyl (C=O) groups excluding carboxylic acids is 1. The fourth-order valence-electron chi connectivity index (χ4n) is 4.78. The molecular formula is C26H21FN6O2S. The highest BCUT2D eigenvalue weighted by molar-refractivity contribution is 7.13. The molecule has 2 aromatic carbocycles. The number of thiophene rings is 1. The average Bonchev–Trinajstić information content (AvgIpc) is 3.57. The van der Waals surface area contributed by atoms with Gasteiger partial charge in [0.25, 0.3) is 11.5 Å². The number of benzene rings is 2. The lowest BCUT2D eigenvalue weighted by Crippen LogP contribution is -2.40. The number of nitrogens with zero attached hydrogens (tertiary/aromatic N) is 5. The molecule has 0 bridgehead atoms. The minimum atomic E-state index is -0.581. The first-order valence-electron chi connectivity index (χ1n) is 11.5. The van der Waals surface area contributed by atoms with Crippen molar-refractivity contribution in [2.24, 2.45) is 0 Å². The zero-order valence-electron chi connectivity index (χ0n) is 19.3. The first-order valence-corrected chi connectivity index (χ1v) is 12.4. The lowest BCUT2D eigenvalue weighted by atomic mass is 10.0. The van der Waals surface area contributed by atoms with E-state index in [0.29, 0.717) is 29.9 Å². The van der Waals surface area contributed by atoms with Gasteiger partial charge in [-0.05, 0) is 42.1 Å². The molecule has 1 unspecified atom stereocenters. The van der Waals surface area contributed by atoms with Crippen LogP contribution in [-0.4, -0.2) is 42.3 Å². The summed E-state index contributed by atoms with van der Waals surface area (Å²) in [6, 6.07) is 15.6. The third-order valence-electron chi connectivity index (χ3n) is 6.46. The Bertz CT molecular complexity index is 1660. The Morgan fingerprint density at radius 3 is 2.78 bits per heavy atom. The second-order valence-electron chi connectivity index (χ2n) is 8.86. The molecular weight excluding hydrogens is 479 g/mol. The Morgan fingerprint density at radius 1 is 1.14 bits per heavy atom. The van der Waals surface area contributed by atoms with Crippen molar-refractivity contribution in [1.82, 2.24) is 29.9 Å². The molecule has 0 aliphatic carbocycles. The molecule has 180 valence electrons. The predicted molar refractivity (Wildman–Crippen MR) is 134 cm³/mol. The molecule has 10 heteroatoms. The summed E-state index contributed by atoms with van der Waals surface area (Å²) in [4.78, 5) is 28.2. The van der Waals surface area contributed by atoms with E-state index in [1.165, 1.54) is 6.07 Å². The van der Waals surface area contributed by atoms with Gasteiger partial charge in [-0.1, -0.05) is 30.3 Å². The highest BCUT2D eigenvalue weighted by Crippen LogP contribution is 2.31. The molecule has 0 fully saturated rings. The first kappa shape index (κ1) is 22.3. The van der Waals surface area contributed by atoms with E-state index in [0.717, 1.165) is 21.7 Å². The number of fused-ring (bicyclic) bond motifs is 2. The Kier molecular flexibility index (Phi) is 5.45. The maximum atomic E-state index is 14.9. The van der Waals surface area contributed by atoms with Crippen molar-refractivity contribution in [3.8, 4) is 10.7 Å². The molecule has 3 aromatic heterocycles. The van der Waals surface area contributed by atoms with Gasteiger partial charge in [0.1, 0.15) is 5.82 Å². The molecule has 4 heterocycles. The van der Waals surface area contributed by atoms with Gasteiger partial charge in [-0.15, -0.1) is 21.5 Å². The van der Waals surface area contributed by atoms with Crippen LogP contribution in [0.3, 0.4) is 0 Å². The zero-order chi connectivity index (χ0) is 24.8. The quantitative estimate of drug-likeness (QED) is 0.399. The van der Waals surface area contributed by atoms with Crippen LogP contribution in [0.1, 0.15) is 40.4 Å². The summed E-state index contributed by atoms with van der Waals surface area (Å²) < 4.78 is 16.9. The monoisotopic (exact) mass is 500 g/mol. The van der Waals surface area contributed by atoms with Crippen LogP contribution in [0.2, 0.25) is 0 Å². The number of H-pyrrole nitrogens is 1. The number of amides is 1.